The van der Waals surface area contributed by atoms with Crippen molar-refractivity contribution < 1.29 is 19.1 Å². The SMILES string of the molecule is CCC(Sc1cccc(NC(=O)/C(=C\c2ccc(OC)cc2)NC(=O)c2ccccc2)c1)C(=O)Nc1ccc(C)cc1C. The molecule has 0 aliphatic rings. The average molecular weight is 594 g/mol. The van der Waals surface area contributed by atoms with Crippen LogP contribution in [0.5, 0.6) is 5.75 Å². The number of methoxy groups -OCH3 is 1. The zero-order valence-electron chi connectivity index (χ0n) is 24.6. The maximum Gasteiger partial charge on any atom is 0.272 e. The van der Waals surface area contributed by atoms with Gasteiger partial charge in [0.15, 0.2) is 0 Å². The molecule has 0 bridgehead atoms. The number of carbonyl (C=O) groups excluding carboxylic acids is 3. The van der Waals surface area contributed by atoms with Crippen LogP contribution in [-0.4, -0.2) is 30.1 Å². The second-order valence-electron chi connectivity index (χ2n) is 9.96. The largest absolute Gasteiger partial charge is 0.497 e. The van der Waals surface area contributed by atoms with Crippen LogP contribution < -0.4 is 20.7 Å². The van der Waals surface area contributed by atoms with Crippen molar-refractivity contribution in [2.24, 2.45) is 0 Å². The second-order valence-corrected chi connectivity index (χ2v) is 11.2. The molecule has 1 unspecified atom stereocenters. The van der Waals surface area contributed by atoms with Gasteiger partial charge < -0.3 is 20.7 Å². The minimum atomic E-state index is -0.484. The van der Waals surface area contributed by atoms with Crippen LogP contribution in [0, 0.1) is 13.8 Å². The smallest absolute Gasteiger partial charge is 0.272 e. The van der Waals surface area contributed by atoms with E-state index in [2.05, 4.69) is 16.0 Å². The van der Waals surface area contributed by atoms with E-state index in [-0.39, 0.29) is 16.9 Å². The van der Waals surface area contributed by atoms with Gasteiger partial charge in [-0.1, -0.05) is 61.0 Å². The molecule has 43 heavy (non-hydrogen) atoms. The molecule has 4 rings (SSSR count). The van der Waals surface area contributed by atoms with Crippen molar-refractivity contribution in [3.8, 4) is 5.75 Å². The molecule has 3 N–H and O–H groups in total. The van der Waals surface area contributed by atoms with Crippen LogP contribution in [0.3, 0.4) is 0 Å². The monoisotopic (exact) mass is 593 g/mol. The Morgan fingerprint density at radius 2 is 1.60 bits per heavy atom. The summed E-state index contributed by atoms with van der Waals surface area (Å²) < 4.78 is 5.23. The van der Waals surface area contributed by atoms with Crippen molar-refractivity contribution in [2.45, 2.75) is 37.3 Å². The average Bonchev–Trinajstić information content (AvgIpc) is 3.01. The van der Waals surface area contributed by atoms with E-state index in [4.69, 9.17) is 4.74 Å². The summed E-state index contributed by atoms with van der Waals surface area (Å²) in [6.45, 7) is 5.96. The van der Waals surface area contributed by atoms with Gasteiger partial charge in [0.05, 0.1) is 12.4 Å². The van der Waals surface area contributed by atoms with E-state index in [1.165, 1.54) is 11.8 Å². The molecule has 8 heteroatoms. The molecule has 0 fully saturated rings. The van der Waals surface area contributed by atoms with Gasteiger partial charge in [0.25, 0.3) is 11.8 Å². The highest BCUT2D eigenvalue weighted by Crippen LogP contribution is 2.29. The van der Waals surface area contributed by atoms with Gasteiger partial charge in [-0.3, -0.25) is 14.4 Å². The van der Waals surface area contributed by atoms with Crippen molar-refractivity contribution >= 4 is 46.9 Å². The van der Waals surface area contributed by atoms with E-state index in [1.54, 1.807) is 67.8 Å². The highest BCUT2D eigenvalue weighted by Gasteiger charge is 2.20. The fourth-order valence-electron chi connectivity index (χ4n) is 4.31. The standard InChI is InChI=1S/C35H35N3O4S/c1-5-32(35(41)37-30-19-14-23(2)20-24(30)3)43-29-13-9-12-27(22-29)36-34(40)31(21-25-15-17-28(42-4)18-16-25)38-33(39)26-10-7-6-8-11-26/h6-22,32H,5H2,1-4H3,(H,36,40)(H,37,41)(H,38,39)/b31-21+. The summed E-state index contributed by atoms with van der Waals surface area (Å²) in [5, 5.41) is 8.36. The Morgan fingerprint density at radius 1 is 0.860 bits per heavy atom. The molecule has 7 nitrogen and oxygen atoms in total. The molecule has 0 aromatic heterocycles. The lowest BCUT2D eigenvalue weighted by molar-refractivity contribution is -0.116. The number of hydrogen-bond donors (Lipinski definition) is 3. The number of carbonyl (C=O) groups is 3. The molecular weight excluding hydrogens is 558 g/mol. The van der Waals surface area contributed by atoms with Crippen LogP contribution in [0.1, 0.15) is 40.4 Å². The number of hydrogen-bond acceptors (Lipinski definition) is 5. The topological polar surface area (TPSA) is 96.5 Å². The normalized spacial score (nSPS) is 11.8. The lowest BCUT2D eigenvalue weighted by Gasteiger charge is -2.17. The minimum Gasteiger partial charge on any atom is -0.497 e. The first-order valence-corrected chi connectivity index (χ1v) is 14.8. The van der Waals surface area contributed by atoms with Crippen LogP contribution >= 0.6 is 11.8 Å². The number of benzene rings is 4. The number of amides is 3. The number of aryl methyl sites for hydroxylation is 2. The maximum atomic E-state index is 13.5. The van der Waals surface area contributed by atoms with Crippen molar-refractivity contribution in [3.05, 3.63) is 125 Å². The van der Waals surface area contributed by atoms with E-state index in [9.17, 15) is 14.4 Å². The van der Waals surface area contributed by atoms with Gasteiger partial charge in [-0.15, -0.1) is 11.8 Å². The zero-order valence-corrected chi connectivity index (χ0v) is 25.5. The van der Waals surface area contributed by atoms with Gasteiger partial charge in [0, 0.05) is 21.8 Å². The zero-order chi connectivity index (χ0) is 30.8. The van der Waals surface area contributed by atoms with Gasteiger partial charge in [0.1, 0.15) is 11.4 Å². The molecule has 0 heterocycles. The maximum absolute atomic E-state index is 13.5. The third kappa shape index (κ3) is 8.83. The van der Waals surface area contributed by atoms with Crippen LogP contribution in [0.4, 0.5) is 11.4 Å². The van der Waals surface area contributed by atoms with Crippen LogP contribution in [-0.2, 0) is 9.59 Å². The van der Waals surface area contributed by atoms with Crippen molar-refractivity contribution in [1.29, 1.82) is 0 Å². The van der Waals surface area contributed by atoms with Gasteiger partial charge in [0.2, 0.25) is 5.91 Å². The quantitative estimate of drug-likeness (QED) is 0.126. The number of ether oxygens (including phenoxy) is 1. The Balaban J connectivity index is 1.50. The summed E-state index contributed by atoms with van der Waals surface area (Å²) in [4.78, 5) is 40.4. The molecule has 3 amide bonds. The molecule has 0 saturated carbocycles. The Hall–Kier alpha value is -4.82. The van der Waals surface area contributed by atoms with Crippen molar-refractivity contribution in [2.75, 3.05) is 17.7 Å². The molecule has 0 radical (unpaired) electrons. The first kappa shape index (κ1) is 31.1. The van der Waals surface area contributed by atoms with E-state index >= 15 is 0 Å². The van der Waals surface area contributed by atoms with Crippen LogP contribution in [0.15, 0.2) is 108 Å². The Morgan fingerprint density at radius 3 is 2.28 bits per heavy atom. The van der Waals surface area contributed by atoms with Crippen molar-refractivity contribution in [3.63, 3.8) is 0 Å². The van der Waals surface area contributed by atoms with E-state index in [0.29, 0.717) is 29.0 Å². The van der Waals surface area contributed by atoms with Gasteiger partial charge in [-0.05, 0) is 86.0 Å². The lowest BCUT2D eigenvalue weighted by atomic mass is 10.1. The van der Waals surface area contributed by atoms with Crippen LogP contribution in [0.25, 0.3) is 6.08 Å². The molecule has 0 aliphatic carbocycles. The summed E-state index contributed by atoms with van der Waals surface area (Å²) in [6, 6.07) is 29.1. The minimum absolute atomic E-state index is 0.0800. The number of rotatable bonds is 11. The first-order valence-electron chi connectivity index (χ1n) is 13.9. The summed E-state index contributed by atoms with van der Waals surface area (Å²) in [5.41, 5.74) is 4.70. The summed E-state index contributed by atoms with van der Waals surface area (Å²) in [7, 11) is 1.58. The Kier molecular flexibility index (Phi) is 10.8. The van der Waals surface area contributed by atoms with E-state index in [0.717, 1.165) is 21.7 Å². The second kappa shape index (κ2) is 14.9. The van der Waals surface area contributed by atoms with Gasteiger partial charge in [-0.25, -0.2) is 0 Å². The molecule has 220 valence electrons. The van der Waals surface area contributed by atoms with Crippen LogP contribution in [0.2, 0.25) is 0 Å². The third-order valence-electron chi connectivity index (χ3n) is 6.63. The Labute approximate surface area is 256 Å². The molecule has 1 atom stereocenters. The fourth-order valence-corrected chi connectivity index (χ4v) is 5.32. The van der Waals surface area contributed by atoms with Gasteiger partial charge >= 0.3 is 0 Å². The molecule has 0 spiro atoms. The summed E-state index contributed by atoms with van der Waals surface area (Å²) >= 11 is 1.43. The van der Waals surface area contributed by atoms with E-state index in [1.807, 2.05) is 63.2 Å². The highest BCUT2D eigenvalue weighted by atomic mass is 32.2. The molecule has 0 aliphatic heterocycles. The lowest BCUT2D eigenvalue weighted by Crippen LogP contribution is -2.30. The predicted molar refractivity (Wildman–Crippen MR) is 174 cm³/mol. The summed E-state index contributed by atoms with van der Waals surface area (Å²) in [6.07, 6.45) is 2.23. The molecule has 4 aromatic carbocycles. The molecule has 0 saturated heterocycles. The Bertz CT molecular complexity index is 1620. The summed E-state index contributed by atoms with van der Waals surface area (Å²) in [5.74, 6) is -0.289. The number of nitrogens with one attached hydrogen (secondary N) is 3. The highest BCUT2D eigenvalue weighted by molar-refractivity contribution is 8.00. The fraction of sp³-hybridized carbons (Fsp3) is 0.171. The number of thioether (sulfide) groups is 1. The third-order valence-corrected chi connectivity index (χ3v) is 7.99. The van der Waals surface area contributed by atoms with E-state index < -0.39 is 11.8 Å². The van der Waals surface area contributed by atoms with Gasteiger partial charge in [-0.2, -0.15) is 0 Å². The molecule has 4 aromatic rings. The molecular formula is C35H35N3O4S. The van der Waals surface area contributed by atoms with Crippen molar-refractivity contribution in [1.82, 2.24) is 5.32 Å². The predicted octanol–water partition coefficient (Wildman–Crippen LogP) is 7.23. The first-order chi connectivity index (χ1) is 20.7. The number of anilines is 2.